The van der Waals surface area contributed by atoms with Crippen LogP contribution in [0, 0.1) is 0 Å². The number of likely N-dealkylation sites (N-methyl/N-ethyl adjacent to an activating group) is 1. The van der Waals surface area contributed by atoms with Crippen LogP contribution in [0.15, 0.2) is 100 Å². The summed E-state index contributed by atoms with van der Waals surface area (Å²) in [5.74, 6) is -0.773. The Labute approximate surface area is 283 Å². The van der Waals surface area contributed by atoms with Gasteiger partial charge in [0.15, 0.2) is 22.7 Å². The summed E-state index contributed by atoms with van der Waals surface area (Å²) < 4.78 is 18.6. The summed E-state index contributed by atoms with van der Waals surface area (Å²) in [6.07, 6.45) is 2.67. The molecule has 4 aromatic carbocycles. The van der Waals surface area contributed by atoms with Gasteiger partial charge in [0.2, 0.25) is 0 Å². The summed E-state index contributed by atoms with van der Waals surface area (Å²) in [6, 6.07) is 24.8. The van der Waals surface area contributed by atoms with E-state index in [0.29, 0.717) is 22.6 Å². The molecule has 0 radical (unpaired) electrons. The molecule has 2 aromatic heterocycles. The highest BCUT2D eigenvalue weighted by Crippen LogP contribution is 2.34. The van der Waals surface area contributed by atoms with Gasteiger partial charge < -0.3 is 29.1 Å². The Morgan fingerprint density at radius 1 is 0.878 bits per heavy atom. The number of nitrogens with one attached hydrogen (secondary N) is 2. The van der Waals surface area contributed by atoms with Crippen molar-refractivity contribution in [3.8, 4) is 11.5 Å². The number of para-hydroxylation sites is 1. The first-order chi connectivity index (χ1) is 23.8. The van der Waals surface area contributed by atoms with Crippen molar-refractivity contribution >= 4 is 45.2 Å². The molecule has 0 saturated carbocycles. The van der Waals surface area contributed by atoms with Crippen LogP contribution < -0.4 is 25.5 Å². The number of carbonyl (C=O) groups excluding carboxylic acids is 2. The minimum absolute atomic E-state index is 0.126. The highest BCUT2D eigenvalue weighted by atomic mass is 16.5. The van der Waals surface area contributed by atoms with Crippen molar-refractivity contribution in [3.05, 3.63) is 124 Å². The number of rotatable bonds is 12. The normalized spacial score (nSPS) is 11.2. The summed E-state index contributed by atoms with van der Waals surface area (Å²) in [5, 5.41) is 5.97. The SMILES string of the molecule is CCN(CCc1ccc(NC(=O)c2cc(OC)c(OC)cc2NC(=O)c2cc(=O)c3ccccc3o2)cc1)Cc1ccc2c(c1)ncn2C. The fourth-order valence-electron chi connectivity index (χ4n) is 5.70. The zero-order valence-electron chi connectivity index (χ0n) is 27.8. The summed E-state index contributed by atoms with van der Waals surface area (Å²) in [5.41, 5.74) is 5.24. The fraction of sp³-hybridized carbons (Fsp3) is 0.211. The first-order valence-electron chi connectivity index (χ1n) is 15.9. The van der Waals surface area contributed by atoms with Crippen LogP contribution in [-0.2, 0) is 20.0 Å². The lowest BCUT2D eigenvalue weighted by Crippen LogP contribution is -2.25. The molecule has 6 rings (SSSR count). The molecule has 0 unspecified atom stereocenters. The van der Waals surface area contributed by atoms with Gasteiger partial charge in [0.25, 0.3) is 11.8 Å². The number of hydrogen-bond acceptors (Lipinski definition) is 8. The molecule has 0 spiro atoms. The topological polar surface area (TPSA) is 128 Å². The van der Waals surface area contributed by atoms with Crippen LogP contribution in [0.4, 0.5) is 11.4 Å². The van der Waals surface area contributed by atoms with Crippen molar-refractivity contribution in [1.82, 2.24) is 14.5 Å². The molecule has 2 heterocycles. The van der Waals surface area contributed by atoms with Crippen molar-refractivity contribution < 1.29 is 23.5 Å². The number of fused-ring (bicyclic) bond motifs is 2. The molecule has 2 N–H and O–H groups in total. The number of anilines is 2. The van der Waals surface area contributed by atoms with Crippen molar-refractivity contribution in [2.75, 3.05) is 37.9 Å². The second kappa shape index (κ2) is 14.4. The second-order valence-corrected chi connectivity index (χ2v) is 11.6. The van der Waals surface area contributed by atoms with Crippen molar-refractivity contribution in [3.63, 3.8) is 0 Å². The molecule has 0 bridgehead atoms. The fourth-order valence-corrected chi connectivity index (χ4v) is 5.70. The number of aromatic nitrogens is 2. The van der Waals surface area contributed by atoms with E-state index in [0.717, 1.165) is 48.7 Å². The molecular weight excluding hydrogens is 622 g/mol. The van der Waals surface area contributed by atoms with Gasteiger partial charge in [-0.2, -0.15) is 0 Å². The number of amides is 2. The molecule has 11 heteroatoms. The number of ether oxygens (including phenoxy) is 2. The Bertz CT molecular complexity index is 2210. The molecule has 2 amide bonds. The van der Waals surface area contributed by atoms with E-state index in [-0.39, 0.29) is 28.0 Å². The highest BCUT2D eigenvalue weighted by molar-refractivity contribution is 6.12. The third-order valence-electron chi connectivity index (χ3n) is 8.45. The van der Waals surface area contributed by atoms with Gasteiger partial charge in [0, 0.05) is 38.0 Å². The first kappa shape index (κ1) is 33.0. The molecule has 0 aliphatic heterocycles. The Hall–Kier alpha value is -5.94. The molecule has 0 aliphatic rings. The number of benzene rings is 4. The van der Waals surface area contributed by atoms with E-state index in [2.05, 4.69) is 45.6 Å². The van der Waals surface area contributed by atoms with Crippen molar-refractivity contribution in [2.24, 2.45) is 7.05 Å². The zero-order valence-corrected chi connectivity index (χ0v) is 27.8. The number of methoxy groups -OCH3 is 2. The second-order valence-electron chi connectivity index (χ2n) is 11.6. The maximum absolute atomic E-state index is 13.6. The van der Waals surface area contributed by atoms with E-state index >= 15 is 0 Å². The molecule has 0 atom stereocenters. The third kappa shape index (κ3) is 7.31. The smallest absolute Gasteiger partial charge is 0.291 e. The molecule has 0 saturated heterocycles. The van der Waals surface area contributed by atoms with Crippen LogP contribution >= 0.6 is 0 Å². The van der Waals surface area contributed by atoms with Gasteiger partial charge in [-0.05, 0) is 66.6 Å². The summed E-state index contributed by atoms with van der Waals surface area (Å²) in [4.78, 5) is 46.3. The van der Waals surface area contributed by atoms with Gasteiger partial charge in [-0.1, -0.05) is 37.3 Å². The van der Waals surface area contributed by atoms with Gasteiger partial charge in [0.1, 0.15) is 5.58 Å². The first-order valence-corrected chi connectivity index (χ1v) is 15.9. The molecule has 49 heavy (non-hydrogen) atoms. The lowest BCUT2D eigenvalue weighted by Gasteiger charge is -2.20. The Morgan fingerprint density at radius 2 is 1.61 bits per heavy atom. The Kier molecular flexibility index (Phi) is 9.72. The van der Waals surface area contributed by atoms with E-state index < -0.39 is 11.8 Å². The van der Waals surface area contributed by atoms with Crippen LogP contribution in [0.5, 0.6) is 11.5 Å². The zero-order chi connectivity index (χ0) is 34.5. The maximum atomic E-state index is 13.6. The van der Waals surface area contributed by atoms with Crippen molar-refractivity contribution in [1.29, 1.82) is 0 Å². The van der Waals surface area contributed by atoms with Gasteiger partial charge in [-0.25, -0.2) is 4.98 Å². The summed E-state index contributed by atoms with van der Waals surface area (Å²) >= 11 is 0. The van der Waals surface area contributed by atoms with E-state index in [1.165, 1.54) is 31.9 Å². The standard InChI is InChI=1S/C38H37N5O6/c1-5-43(22-25-12-15-31-30(18-25)39-23-42(31)2)17-16-24-10-13-26(14-11-24)40-37(45)28-19-34(47-3)35(48-4)20-29(28)41-38(46)36-21-32(44)27-8-6-7-9-33(27)49-36/h6-15,18-21,23H,5,16-17,22H2,1-4H3,(H,40,45)(H,41,46). The average Bonchev–Trinajstić information content (AvgIpc) is 3.49. The van der Waals surface area contributed by atoms with Gasteiger partial charge in [-0.15, -0.1) is 0 Å². The minimum atomic E-state index is -0.702. The molecule has 0 aliphatic carbocycles. The lowest BCUT2D eigenvalue weighted by atomic mass is 10.1. The largest absolute Gasteiger partial charge is 0.493 e. The number of imidazole rings is 1. The summed E-state index contributed by atoms with van der Waals surface area (Å²) in [6.45, 7) is 4.76. The van der Waals surface area contributed by atoms with E-state index in [1.54, 1.807) is 24.3 Å². The number of nitrogens with zero attached hydrogens (tertiary/aromatic N) is 3. The average molecular weight is 660 g/mol. The quantitative estimate of drug-likeness (QED) is 0.158. The molecule has 6 aromatic rings. The molecule has 11 nitrogen and oxygen atoms in total. The third-order valence-corrected chi connectivity index (χ3v) is 8.45. The van der Waals surface area contributed by atoms with E-state index in [4.69, 9.17) is 13.9 Å². The lowest BCUT2D eigenvalue weighted by molar-refractivity contribution is 0.0997. The van der Waals surface area contributed by atoms with E-state index in [9.17, 15) is 14.4 Å². The number of aryl methyl sites for hydroxylation is 1. The van der Waals surface area contributed by atoms with Crippen LogP contribution in [0.1, 0.15) is 39.0 Å². The van der Waals surface area contributed by atoms with Gasteiger partial charge in [0.05, 0.1) is 48.2 Å². The monoisotopic (exact) mass is 659 g/mol. The highest BCUT2D eigenvalue weighted by Gasteiger charge is 2.21. The minimum Gasteiger partial charge on any atom is -0.493 e. The van der Waals surface area contributed by atoms with Crippen LogP contribution in [0.3, 0.4) is 0 Å². The van der Waals surface area contributed by atoms with Gasteiger partial charge in [-0.3, -0.25) is 19.3 Å². The van der Waals surface area contributed by atoms with Crippen LogP contribution in [0.25, 0.3) is 22.0 Å². The Morgan fingerprint density at radius 3 is 2.37 bits per heavy atom. The maximum Gasteiger partial charge on any atom is 0.291 e. The van der Waals surface area contributed by atoms with Crippen LogP contribution in [0.2, 0.25) is 0 Å². The Balaban J connectivity index is 1.14. The summed E-state index contributed by atoms with van der Waals surface area (Å²) in [7, 11) is 4.90. The van der Waals surface area contributed by atoms with Crippen molar-refractivity contribution in [2.45, 2.75) is 19.9 Å². The number of hydrogen-bond donors (Lipinski definition) is 2. The van der Waals surface area contributed by atoms with Gasteiger partial charge >= 0.3 is 0 Å². The number of carbonyl (C=O) groups is 2. The molecule has 250 valence electrons. The molecular formula is C38H37N5O6. The predicted molar refractivity (Wildman–Crippen MR) is 190 cm³/mol. The predicted octanol–water partition coefficient (Wildman–Crippen LogP) is 6.27. The van der Waals surface area contributed by atoms with Crippen LogP contribution in [-0.4, -0.2) is 53.6 Å². The van der Waals surface area contributed by atoms with E-state index in [1.807, 2.05) is 42.2 Å². The molecule has 0 fully saturated rings.